The molecule has 1 aromatic heterocycles. The molecular weight excluding hydrogens is 246 g/mol. The minimum absolute atomic E-state index is 0.660. The number of nitrogens with one attached hydrogen (secondary N) is 1. The lowest BCUT2D eigenvalue weighted by Gasteiger charge is -2.21. The standard InChI is InChI=1S/C17H29N3/c1-14-6-5-7-15(14)12-18-13-16-10-11-20(19-16)17-8-3-2-4-9-17/h10-11,14-15,17-18H,2-9,12-13H2,1H3. The Bertz CT molecular complexity index is 406. The summed E-state index contributed by atoms with van der Waals surface area (Å²) in [7, 11) is 0. The largest absolute Gasteiger partial charge is 0.311 e. The van der Waals surface area contributed by atoms with Crippen LogP contribution in [0.2, 0.25) is 0 Å². The molecule has 2 unspecified atom stereocenters. The predicted octanol–water partition coefficient (Wildman–Crippen LogP) is 3.91. The van der Waals surface area contributed by atoms with Crippen molar-refractivity contribution in [3.63, 3.8) is 0 Å². The molecule has 0 bridgehead atoms. The first-order valence-electron chi connectivity index (χ1n) is 8.57. The van der Waals surface area contributed by atoms with Gasteiger partial charge in [0, 0.05) is 12.7 Å². The molecule has 0 radical (unpaired) electrons. The molecular formula is C17H29N3. The lowest BCUT2D eigenvalue weighted by molar-refractivity contribution is 0.327. The van der Waals surface area contributed by atoms with Crippen molar-refractivity contribution in [2.45, 2.75) is 70.9 Å². The Morgan fingerprint density at radius 2 is 2.00 bits per heavy atom. The molecule has 1 heterocycles. The van der Waals surface area contributed by atoms with Gasteiger partial charge in [0.25, 0.3) is 0 Å². The molecule has 0 aliphatic heterocycles. The molecule has 20 heavy (non-hydrogen) atoms. The van der Waals surface area contributed by atoms with Crippen molar-refractivity contribution in [3.05, 3.63) is 18.0 Å². The monoisotopic (exact) mass is 275 g/mol. The average Bonchev–Trinajstić information content (AvgIpc) is 3.10. The van der Waals surface area contributed by atoms with Gasteiger partial charge in [0.15, 0.2) is 0 Å². The highest BCUT2D eigenvalue weighted by molar-refractivity contribution is 4.99. The van der Waals surface area contributed by atoms with Crippen molar-refractivity contribution in [3.8, 4) is 0 Å². The zero-order valence-electron chi connectivity index (χ0n) is 12.9. The fraction of sp³-hybridized carbons (Fsp3) is 0.824. The summed E-state index contributed by atoms with van der Waals surface area (Å²) in [6.07, 6.45) is 13.2. The summed E-state index contributed by atoms with van der Waals surface area (Å²) >= 11 is 0. The van der Waals surface area contributed by atoms with E-state index in [0.717, 1.165) is 24.9 Å². The van der Waals surface area contributed by atoms with Gasteiger partial charge in [-0.05, 0) is 43.7 Å². The fourth-order valence-electron chi connectivity index (χ4n) is 3.93. The maximum atomic E-state index is 4.77. The third-order valence-electron chi connectivity index (χ3n) is 5.36. The molecule has 3 heteroatoms. The van der Waals surface area contributed by atoms with Gasteiger partial charge in [0.05, 0.1) is 11.7 Å². The molecule has 112 valence electrons. The van der Waals surface area contributed by atoms with Crippen LogP contribution in [0.3, 0.4) is 0 Å². The van der Waals surface area contributed by atoms with E-state index >= 15 is 0 Å². The van der Waals surface area contributed by atoms with E-state index in [0.29, 0.717) is 6.04 Å². The maximum Gasteiger partial charge on any atom is 0.0762 e. The number of hydrogen-bond acceptors (Lipinski definition) is 2. The Balaban J connectivity index is 1.45. The summed E-state index contributed by atoms with van der Waals surface area (Å²) in [5, 5.41) is 8.39. The summed E-state index contributed by atoms with van der Waals surface area (Å²) < 4.78 is 2.22. The Kier molecular flexibility index (Phi) is 4.77. The number of nitrogens with zero attached hydrogens (tertiary/aromatic N) is 2. The molecule has 1 aromatic rings. The summed E-state index contributed by atoms with van der Waals surface area (Å²) in [5.74, 6) is 1.79. The van der Waals surface area contributed by atoms with Crippen LogP contribution in [0, 0.1) is 11.8 Å². The average molecular weight is 275 g/mol. The molecule has 2 aliphatic rings. The van der Waals surface area contributed by atoms with Gasteiger partial charge in [-0.15, -0.1) is 0 Å². The smallest absolute Gasteiger partial charge is 0.0762 e. The van der Waals surface area contributed by atoms with Gasteiger partial charge in [-0.25, -0.2) is 0 Å². The van der Waals surface area contributed by atoms with Crippen LogP contribution in [0.15, 0.2) is 12.3 Å². The highest BCUT2D eigenvalue weighted by atomic mass is 15.3. The van der Waals surface area contributed by atoms with Gasteiger partial charge in [-0.2, -0.15) is 5.10 Å². The molecule has 0 aromatic carbocycles. The second kappa shape index (κ2) is 6.75. The maximum absolute atomic E-state index is 4.77. The highest BCUT2D eigenvalue weighted by Crippen LogP contribution is 2.30. The van der Waals surface area contributed by atoms with E-state index in [-0.39, 0.29) is 0 Å². The van der Waals surface area contributed by atoms with Crippen molar-refractivity contribution >= 4 is 0 Å². The Hall–Kier alpha value is -0.830. The van der Waals surface area contributed by atoms with Crippen LogP contribution in [0.1, 0.15) is 70.0 Å². The minimum Gasteiger partial charge on any atom is -0.311 e. The van der Waals surface area contributed by atoms with E-state index in [4.69, 9.17) is 5.10 Å². The van der Waals surface area contributed by atoms with E-state index in [9.17, 15) is 0 Å². The van der Waals surface area contributed by atoms with Crippen LogP contribution in [-0.4, -0.2) is 16.3 Å². The molecule has 1 N–H and O–H groups in total. The zero-order valence-corrected chi connectivity index (χ0v) is 12.9. The van der Waals surface area contributed by atoms with Crippen LogP contribution < -0.4 is 5.32 Å². The quantitative estimate of drug-likeness (QED) is 0.883. The lowest BCUT2D eigenvalue weighted by atomic mass is 9.96. The van der Waals surface area contributed by atoms with E-state index < -0.39 is 0 Å². The van der Waals surface area contributed by atoms with Crippen molar-refractivity contribution in [2.75, 3.05) is 6.54 Å². The van der Waals surface area contributed by atoms with Crippen LogP contribution in [-0.2, 0) is 6.54 Å². The first-order chi connectivity index (χ1) is 9.83. The lowest BCUT2D eigenvalue weighted by Crippen LogP contribution is -2.24. The molecule has 3 nitrogen and oxygen atoms in total. The Morgan fingerprint density at radius 3 is 2.75 bits per heavy atom. The molecule has 0 amide bonds. The van der Waals surface area contributed by atoms with E-state index in [1.165, 1.54) is 57.1 Å². The number of aromatic nitrogens is 2. The normalized spacial score (nSPS) is 28.1. The Labute approximate surface area is 123 Å². The van der Waals surface area contributed by atoms with E-state index in [2.05, 4.69) is 29.2 Å². The molecule has 0 spiro atoms. The summed E-state index contributed by atoms with van der Waals surface area (Å²) in [6, 6.07) is 2.85. The minimum atomic E-state index is 0.660. The highest BCUT2D eigenvalue weighted by Gasteiger charge is 2.22. The molecule has 2 saturated carbocycles. The van der Waals surface area contributed by atoms with Gasteiger partial charge in [0.1, 0.15) is 0 Å². The van der Waals surface area contributed by atoms with Gasteiger partial charge in [-0.3, -0.25) is 4.68 Å². The summed E-state index contributed by atoms with van der Waals surface area (Å²) in [5.41, 5.74) is 1.21. The van der Waals surface area contributed by atoms with Crippen LogP contribution >= 0.6 is 0 Å². The second-order valence-electron chi connectivity index (χ2n) is 6.88. The fourth-order valence-corrected chi connectivity index (χ4v) is 3.93. The van der Waals surface area contributed by atoms with Crippen molar-refractivity contribution in [1.29, 1.82) is 0 Å². The van der Waals surface area contributed by atoms with Gasteiger partial charge >= 0.3 is 0 Å². The molecule has 2 fully saturated rings. The van der Waals surface area contributed by atoms with Gasteiger partial charge < -0.3 is 5.32 Å². The molecule has 2 atom stereocenters. The van der Waals surface area contributed by atoms with E-state index in [1.54, 1.807) is 0 Å². The predicted molar refractivity (Wildman–Crippen MR) is 82.6 cm³/mol. The third kappa shape index (κ3) is 3.43. The van der Waals surface area contributed by atoms with Crippen LogP contribution in [0.4, 0.5) is 0 Å². The van der Waals surface area contributed by atoms with Gasteiger partial charge in [-0.1, -0.05) is 39.0 Å². The van der Waals surface area contributed by atoms with E-state index in [1.807, 2.05) is 0 Å². The third-order valence-corrected chi connectivity index (χ3v) is 5.36. The molecule has 0 saturated heterocycles. The van der Waals surface area contributed by atoms with Crippen LogP contribution in [0.5, 0.6) is 0 Å². The van der Waals surface area contributed by atoms with Crippen LogP contribution in [0.25, 0.3) is 0 Å². The number of rotatable bonds is 5. The molecule has 2 aliphatic carbocycles. The molecule has 3 rings (SSSR count). The van der Waals surface area contributed by atoms with Crippen molar-refractivity contribution in [1.82, 2.24) is 15.1 Å². The number of hydrogen-bond donors (Lipinski definition) is 1. The first kappa shape index (κ1) is 14.1. The zero-order chi connectivity index (χ0) is 13.8. The van der Waals surface area contributed by atoms with Crippen molar-refractivity contribution < 1.29 is 0 Å². The second-order valence-corrected chi connectivity index (χ2v) is 6.88. The topological polar surface area (TPSA) is 29.9 Å². The van der Waals surface area contributed by atoms with Gasteiger partial charge in [0.2, 0.25) is 0 Å². The Morgan fingerprint density at radius 1 is 1.15 bits per heavy atom. The SMILES string of the molecule is CC1CCCC1CNCc1ccn(C2CCCCC2)n1. The summed E-state index contributed by atoms with van der Waals surface area (Å²) in [4.78, 5) is 0. The first-order valence-corrected chi connectivity index (χ1v) is 8.57. The summed E-state index contributed by atoms with van der Waals surface area (Å²) in [6.45, 7) is 4.50. The van der Waals surface area contributed by atoms with Crippen molar-refractivity contribution in [2.24, 2.45) is 11.8 Å².